The van der Waals surface area contributed by atoms with E-state index in [4.69, 9.17) is 0 Å². The lowest BCUT2D eigenvalue weighted by molar-refractivity contribution is 0.00824. The first-order valence-electron chi connectivity index (χ1n) is 6.16. The van der Waals surface area contributed by atoms with E-state index in [2.05, 4.69) is 4.98 Å². The van der Waals surface area contributed by atoms with Gasteiger partial charge in [-0.2, -0.15) is 0 Å². The molecule has 1 aromatic heterocycles. The van der Waals surface area contributed by atoms with Gasteiger partial charge in [0.25, 0.3) is 0 Å². The summed E-state index contributed by atoms with van der Waals surface area (Å²) in [7, 11) is 0. The Morgan fingerprint density at radius 1 is 1.33 bits per heavy atom. The molecule has 1 fully saturated rings. The maximum Gasteiger partial charge on any atom is 0.136 e. The summed E-state index contributed by atoms with van der Waals surface area (Å²) in [5.74, 6) is 1.07. The summed E-state index contributed by atoms with van der Waals surface area (Å²) >= 11 is 0. The van der Waals surface area contributed by atoms with Crippen molar-refractivity contribution in [1.82, 2.24) is 4.98 Å². The largest absolute Gasteiger partial charge is 0.508 e. The predicted molar refractivity (Wildman–Crippen MR) is 70.9 cm³/mol. The van der Waals surface area contributed by atoms with Gasteiger partial charge in [-0.25, -0.2) is 4.98 Å². The van der Waals surface area contributed by atoms with Crippen molar-refractivity contribution in [2.75, 3.05) is 18.0 Å². The fourth-order valence-electron chi connectivity index (χ4n) is 2.43. The van der Waals surface area contributed by atoms with Crippen molar-refractivity contribution in [3.63, 3.8) is 0 Å². The zero-order chi connectivity index (χ0) is 12.8. The molecule has 4 nitrogen and oxygen atoms in total. The molecular weight excluding hydrogens is 228 g/mol. The maximum atomic E-state index is 10.1. The van der Waals surface area contributed by atoms with Crippen molar-refractivity contribution in [3.8, 4) is 5.75 Å². The minimum absolute atomic E-state index is 0.239. The Morgan fingerprint density at radius 2 is 2.11 bits per heavy atom. The van der Waals surface area contributed by atoms with E-state index in [0.29, 0.717) is 13.1 Å². The third kappa shape index (κ3) is 1.69. The predicted octanol–water partition coefficient (Wildman–Crippen LogP) is 1.90. The van der Waals surface area contributed by atoms with Gasteiger partial charge in [0.2, 0.25) is 0 Å². The van der Waals surface area contributed by atoms with Crippen LogP contribution >= 0.6 is 0 Å². The minimum Gasteiger partial charge on any atom is -0.508 e. The summed E-state index contributed by atoms with van der Waals surface area (Å²) in [6.45, 7) is 3.19. The lowest BCUT2D eigenvalue weighted by Crippen LogP contribution is -2.61. The summed E-state index contributed by atoms with van der Waals surface area (Å²) < 4.78 is 0. The molecule has 1 saturated heterocycles. The maximum absolute atomic E-state index is 10.1. The minimum atomic E-state index is -0.583. The lowest BCUT2D eigenvalue weighted by Gasteiger charge is -2.47. The number of aromatic nitrogens is 1. The van der Waals surface area contributed by atoms with Crippen molar-refractivity contribution in [2.24, 2.45) is 0 Å². The van der Waals surface area contributed by atoms with Crippen LogP contribution in [0.4, 0.5) is 5.82 Å². The van der Waals surface area contributed by atoms with E-state index in [0.717, 1.165) is 23.0 Å². The van der Waals surface area contributed by atoms with Gasteiger partial charge in [-0.05, 0) is 30.0 Å². The number of phenols is 1. The Labute approximate surface area is 105 Å². The topological polar surface area (TPSA) is 56.6 Å². The van der Waals surface area contributed by atoms with Crippen molar-refractivity contribution in [3.05, 3.63) is 30.5 Å². The number of anilines is 1. The van der Waals surface area contributed by atoms with Crippen molar-refractivity contribution in [2.45, 2.75) is 18.9 Å². The van der Waals surface area contributed by atoms with Gasteiger partial charge in [0.05, 0.1) is 5.60 Å². The molecule has 18 heavy (non-hydrogen) atoms. The first-order chi connectivity index (χ1) is 8.61. The average Bonchev–Trinajstić information content (AvgIpc) is 2.34. The molecule has 0 radical (unpaired) electrons. The Bertz CT molecular complexity index is 591. The van der Waals surface area contributed by atoms with Crippen LogP contribution in [-0.4, -0.2) is 33.9 Å². The fourth-order valence-corrected chi connectivity index (χ4v) is 2.43. The number of phenolic OH excluding ortho intramolecular Hbond substituents is 1. The van der Waals surface area contributed by atoms with Crippen LogP contribution in [0.15, 0.2) is 30.5 Å². The molecule has 2 aromatic rings. The molecule has 0 aliphatic carbocycles. The number of benzene rings is 1. The third-order valence-corrected chi connectivity index (χ3v) is 3.66. The van der Waals surface area contributed by atoms with E-state index >= 15 is 0 Å². The van der Waals surface area contributed by atoms with Gasteiger partial charge in [0.15, 0.2) is 0 Å². The number of rotatable bonds is 2. The SMILES string of the molecule is CCC1(O)CN(c2nccc3ccc(O)cc23)C1. The molecule has 0 atom stereocenters. The van der Waals surface area contributed by atoms with Crippen LogP contribution in [0.25, 0.3) is 10.8 Å². The molecule has 0 amide bonds. The molecule has 0 saturated carbocycles. The number of aromatic hydroxyl groups is 1. The number of aliphatic hydroxyl groups is 1. The van der Waals surface area contributed by atoms with Crippen molar-refractivity contribution >= 4 is 16.6 Å². The second kappa shape index (κ2) is 3.85. The van der Waals surface area contributed by atoms with Gasteiger partial charge < -0.3 is 15.1 Å². The van der Waals surface area contributed by atoms with Gasteiger partial charge in [-0.3, -0.25) is 0 Å². The molecule has 4 heteroatoms. The summed E-state index contributed by atoms with van der Waals surface area (Å²) in [6, 6.07) is 7.19. The molecule has 94 valence electrons. The zero-order valence-electron chi connectivity index (χ0n) is 10.3. The van der Waals surface area contributed by atoms with Gasteiger partial charge >= 0.3 is 0 Å². The first-order valence-corrected chi connectivity index (χ1v) is 6.16. The molecule has 3 rings (SSSR count). The summed E-state index contributed by atoms with van der Waals surface area (Å²) in [6.07, 6.45) is 2.51. The highest BCUT2D eigenvalue weighted by atomic mass is 16.3. The van der Waals surface area contributed by atoms with Crippen molar-refractivity contribution in [1.29, 1.82) is 0 Å². The molecule has 1 aliphatic rings. The molecule has 0 spiro atoms. The molecule has 2 heterocycles. The van der Waals surface area contributed by atoms with Crippen LogP contribution in [-0.2, 0) is 0 Å². The fraction of sp³-hybridized carbons (Fsp3) is 0.357. The Kier molecular flexibility index (Phi) is 2.41. The van der Waals surface area contributed by atoms with Crippen LogP contribution in [0, 0.1) is 0 Å². The Balaban J connectivity index is 2.00. The normalized spacial score (nSPS) is 17.8. The molecular formula is C14H16N2O2. The van der Waals surface area contributed by atoms with E-state index in [1.165, 1.54) is 0 Å². The zero-order valence-corrected chi connectivity index (χ0v) is 10.3. The highest BCUT2D eigenvalue weighted by Crippen LogP contribution is 2.34. The summed E-state index contributed by atoms with van der Waals surface area (Å²) in [5.41, 5.74) is -0.583. The summed E-state index contributed by atoms with van der Waals surface area (Å²) in [5, 5.41) is 21.6. The van der Waals surface area contributed by atoms with Crippen LogP contribution in [0.5, 0.6) is 5.75 Å². The van der Waals surface area contributed by atoms with E-state index < -0.39 is 5.60 Å². The Hall–Kier alpha value is -1.81. The second-order valence-electron chi connectivity index (χ2n) is 4.97. The highest BCUT2D eigenvalue weighted by molar-refractivity contribution is 5.93. The standard InChI is InChI=1S/C14H16N2O2/c1-2-14(18)8-16(9-14)13-12-7-11(17)4-3-10(12)5-6-15-13/h3-7,17-18H,2,8-9H2,1H3. The molecule has 0 bridgehead atoms. The molecule has 2 N–H and O–H groups in total. The van der Waals surface area contributed by atoms with E-state index in [-0.39, 0.29) is 5.75 Å². The van der Waals surface area contributed by atoms with E-state index in [1.807, 2.05) is 24.0 Å². The number of nitrogens with zero attached hydrogens (tertiary/aromatic N) is 2. The average molecular weight is 244 g/mol. The van der Waals surface area contributed by atoms with Gasteiger partial charge in [0, 0.05) is 24.7 Å². The quantitative estimate of drug-likeness (QED) is 0.847. The van der Waals surface area contributed by atoms with Gasteiger partial charge in [-0.15, -0.1) is 0 Å². The first kappa shape index (κ1) is 11.3. The van der Waals surface area contributed by atoms with Crippen LogP contribution in [0.1, 0.15) is 13.3 Å². The summed E-state index contributed by atoms with van der Waals surface area (Å²) in [4.78, 5) is 6.42. The van der Waals surface area contributed by atoms with Crippen LogP contribution in [0.2, 0.25) is 0 Å². The monoisotopic (exact) mass is 244 g/mol. The number of pyridine rings is 1. The molecule has 0 unspecified atom stereocenters. The van der Waals surface area contributed by atoms with E-state index in [9.17, 15) is 10.2 Å². The van der Waals surface area contributed by atoms with Gasteiger partial charge in [0.1, 0.15) is 11.6 Å². The van der Waals surface area contributed by atoms with E-state index in [1.54, 1.807) is 18.3 Å². The number of β-amino-alcohol motifs (C(OH)–C–C–N with tert-alkyl or cyclic N) is 1. The lowest BCUT2D eigenvalue weighted by atomic mass is 9.91. The number of hydrogen-bond acceptors (Lipinski definition) is 4. The van der Waals surface area contributed by atoms with Gasteiger partial charge in [-0.1, -0.05) is 13.0 Å². The molecule has 1 aliphatic heterocycles. The van der Waals surface area contributed by atoms with Crippen LogP contribution in [0.3, 0.4) is 0 Å². The second-order valence-corrected chi connectivity index (χ2v) is 4.97. The third-order valence-electron chi connectivity index (χ3n) is 3.66. The highest BCUT2D eigenvalue weighted by Gasteiger charge is 2.40. The molecule has 1 aromatic carbocycles. The Morgan fingerprint density at radius 3 is 2.83 bits per heavy atom. The van der Waals surface area contributed by atoms with Crippen molar-refractivity contribution < 1.29 is 10.2 Å². The van der Waals surface area contributed by atoms with Crippen LogP contribution < -0.4 is 4.90 Å². The number of fused-ring (bicyclic) bond motifs is 1. The number of hydrogen-bond donors (Lipinski definition) is 2. The smallest absolute Gasteiger partial charge is 0.136 e.